The van der Waals surface area contributed by atoms with Crippen molar-refractivity contribution in [1.29, 1.82) is 0 Å². The average molecular weight is 254 g/mol. The van der Waals surface area contributed by atoms with Gasteiger partial charge in [-0.1, -0.05) is 33.6 Å². The fourth-order valence-electron chi connectivity index (χ4n) is 3.99. The number of hydrogen-bond donors (Lipinski definition) is 0. The van der Waals surface area contributed by atoms with E-state index < -0.39 is 5.79 Å². The van der Waals surface area contributed by atoms with Crippen molar-refractivity contribution in [3.05, 3.63) is 0 Å². The van der Waals surface area contributed by atoms with Gasteiger partial charge in [-0.2, -0.15) is 0 Å². The first kappa shape index (κ1) is 14.3. The van der Waals surface area contributed by atoms with Gasteiger partial charge in [0.25, 0.3) is 0 Å². The van der Waals surface area contributed by atoms with E-state index in [1.165, 1.54) is 25.7 Å². The van der Waals surface area contributed by atoms with Crippen molar-refractivity contribution in [2.75, 3.05) is 0 Å². The molecular formula is C16H30O2. The highest BCUT2D eigenvalue weighted by atomic mass is 16.8. The number of ether oxygens (including phenoxy) is 2. The highest BCUT2D eigenvalue weighted by molar-refractivity contribution is 5.01. The summed E-state index contributed by atoms with van der Waals surface area (Å²) in [6.45, 7) is 13.4. The lowest BCUT2D eigenvalue weighted by atomic mass is 9.67. The molecule has 1 heterocycles. The van der Waals surface area contributed by atoms with E-state index >= 15 is 0 Å². The molecule has 0 aromatic rings. The summed E-state index contributed by atoms with van der Waals surface area (Å²) < 4.78 is 12.4. The second kappa shape index (κ2) is 4.79. The van der Waals surface area contributed by atoms with E-state index in [-0.39, 0.29) is 11.7 Å². The molecular weight excluding hydrogens is 224 g/mol. The van der Waals surface area contributed by atoms with Crippen molar-refractivity contribution in [2.45, 2.75) is 84.7 Å². The Balaban J connectivity index is 2.10. The van der Waals surface area contributed by atoms with Crippen LogP contribution >= 0.6 is 0 Å². The average Bonchev–Trinajstić information content (AvgIpc) is 2.49. The number of hydrogen-bond acceptors (Lipinski definition) is 2. The van der Waals surface area contributed by atoms with Gasteiger partial charge in [-0.05, 0) is 51.4 Å². The maximum Gasteiger partial charge on any atom is 0.164 e. The summed E-state index contributed by atoms with van der Waals surface area (Å²) in [5.74, 6) is 1.79. The van der Waals surface area contributed by atoms with E-state index in [4.69, 9.17) is 9.47 Å². The van der Waals surface area contributed by atoms with Crippen LogP contribution in [-0.4, -0.2) is 17.5 Å². The van der Waals surface area contributed by atoms with Gasteiger partial charge in [-0.3, -0.25) is 0 Å². The summed E-state index contributed by atoms with van der Waals surface area (Å²) in [5.41, 5.74) is -0.0774. The molecule has 0 unspecified atom stereocenters. The predicted octanol–water partition coefficient (Wildman–Crippen LogP) is 4.38. The van der Waals surface area contributed by atoms with Crippen LogP contribution in [0.15, 0.2) is 0 Å². The summed E-state index contributed by atoms with van der Waals surface area (Å²) in [4.78, 5) is 0. The van der Waals surface area contributed by atoms with Gasteiger partial charge in [0.1, 0.15) is 0 Å². The van der Waals surface area contributed by atoms with E-state index in [1.807, 2.05) is 13.8 Å². The molecule has 0 aromatic heterocycles. The molecule has 0 N–H and O–H groups in total. The van der Waals surface area contributed by atoms with E-state index in [9.17, 15) is 0 Å². The van der Waals surface area contributed by atoms with Gasteiger partial charge in [0.05, 0.1) is 11.7 Å². The minimum absolute atomic E-state index is 0.0774. The SMILES string of the molecule is CCC[C@@H](C)[C@H]1C[C@@H](C)[C@@]2(C)OC(C)(C)O[C@H]2C1. The Morgan fingerprint density at radius 3 is 2.50 bits per heavy atom. The van der Waals surface area contributed by atoms with E-state index in [0.29, 0.717) is 5.92 Å². The van der Waals surface area contributed by atoms with Crippen LogP contribution in [0.1, 0.15) is 67.2 Å². The molecule has 0 radical (unpaired) electrons. The van der Waals surface area contributed by atoms with Gasteiger partial charge in [-0.25, -0.2) is 0 Å². The molecule has 2 rings (SSSR count). The second-order valence-electron chi connectivity index (χ2n) is 7.19. The van der Waals surface area contributed by atoms with Gasteiger partial charge in [0.15, 0.2) is 5.79 Å². The summed E-state index contributed by atoms with van der Waals surface area (Å²) in [6, 6.07) is 0. The van der Waals surface area contributed by atoms with Gasteiger partial charge < -0.3 is 9.47 Å². The Kier molecular flexibility index (Phi) is 3.81. The smallest absolute Gasteiger partial charge is 0.164 e. The summed E-state index contributed by atoms with van der Waals surface area (Å²) in [5, 5.41) is 0. The molecule has 0 spiro atoms. The zero-order valence-electron chi connectivity index (χ0n) is 13.0. The van der Waals surface area contributed by atoms with Crippen molar-refractivity contribution < 1.29 is 9.47 Å². The number of fused-ring (bicyclic) bond motifs is 1. The van der Waals surface area contributed by atoms with Crippen molar-refractivity contribution in [3.8, 4) is 0 Å². The standard InChI is InChI=1S/C16H30O2/c1-7-8-11(2)13-9-12(3)16(6)14(10-13)17-15(4,5)18-16/h11-14H,7-10H2,1-6H3/t11-,12-,13+,14+,16-/m1/s1. The Morgan fingerprint density at radius 2 is 1.89 bits per heavy atom. The minimum Gasteiger partial charge on any atom is -0.344 e. The molecule has 2 heteroatoms. The normalized spacial score (nSPS) is 44.7. The van der Waals surface area contributed by atoms with E-state index in [1.54, 1.807) is 0 Å². The molecule has 2 aliphatic rings. The molecule has 1 aliphatic heterocycles. The predicted molar refractivity (Wildman–Crippen MR) is 74.4 cm³/mol. The van der Waals surface area contributed by atoms with Crippen molar-refractivity contribution in [1.82, 2.24) is 0 Å². The first-order valence-corrected chi connectivity index (χ1v) is 7.66. The number of rotatable bonds is 3. The van der Waals surface area contributed by atoms with Gasteiger partial charge in [-0.15, -0.1) is 0 Å². The summed E-state index contributed by atoms with van der Waals surface area (Å²) in [7, 11) is 0. The van der Waals surface area contributed by atoms with Gasteiger partial charge in [0, 0.05) is 0 Å². The van der Waals surface area contributed by atoms with Crippen LogP contribution in [-0.2, 0) is 9.47 Å². The Bertz CT molecular complexity index is 299. The van der Waals surface area contributed by atoms with Crippen LogP contribution in [0.4, 0.5) is 0 Å². The summed E-state index contributed by atoms with van der Waals surface area (Å²) in [6.07, 6.45) is 5.36. The van der Waals surface area contributed by atoms with Gasteiger partial charge >= 0.3 is 0 Å². The highest BCUT2D eigenvalue weighted by Gasteiger charge is 2.56. The van der Waals surface area contributed by atoms with Crippen LogP contribution in [0.3, 0.4) is 0 Å². The maximum absolute atomic E-state index is 6.22. The van der Waals surface area contributed by atoms with E-state index in [0.717, 1.165) is 11.8 Å². The molecule has 0 aromatic carbocycles. The van der Waals surface area contributed by atoms with Gasteiger partial charge in [0.2, 0.25) is 0 Å². The van der Waals surface area contributed by atoms with Crippen LogP contribution in [0.25, 0.3) is 0 Å². The lowest BCUT2D eigenvalue weighted by Crippen LogP contribution is -2.49. The minimum atomic E-state index is -0.406. The molecule has 106 valence electrons. The lowest BCUT2D eigenvalue weighted by Gasteiger charge is -2.44. The molecule has 5 atom stereocenters. The second-order valence-corrected chi connectivity index (χ2v) is 7.19. The largest absolute Gasteiger partial charge is 0.344 e. The molecule has 18 heavy (non-hydrogen) atoms. The monoisotopic (exact) mass is 254 g/mol. The third kappa shape index (κ3) is 2.46. The van der Waals surface area contributed by atoms with Crippen molar-refractivity contribution >= 4 is 0 Å². The molecule has 1 aliphatic carbocycles. The molecule has 2 fully saturated rings. The molecule has 1 saturated carbocycles. The zero-order chi connectivity index (χ0) is 13.6. The molecule has 1 saturated heterocycles. The van der Waals surface area contributed by atoms with E-state index in [2.05, 4.69) is 27.7 Å². The fourth-order valence-corrected chi connectivity index (χ4v) is 3.99. The summed E-state index contributed by atoms with van der Waals surface area (Å²) >= 11 is 0. The highest BCUT2D eigenvalue weighted by Crippen LogP contribution is 2.50. The first-order valence-electron chi connectivity index (χ1n) is 7.66. The topological polar surface area (TPSA) is 18.5 Å². The van der Waals surface area contributed by atoms with Crippen LogP contribution in [0.2, 0.25) is 0 Å². The van der Waals surface area contributed by atoms with Crippen LogP contribution < -0.4 is 0 Å². The molecule has 2 nitrogen and oxygen atoms in total. The van der Waals surface area contributed by atoms with Crippen LogP contribution in [0.5, 0.6) is 0 Å². The third-order valence-electron chi connectivity index (χ3n) is 5.23. The van der Waals surface area contributed by atoms with Crippen molar-refractivity contribution in [3.63, 3.8) is 0 Å². The fraction of sp³-hybridized carbons (Fsp3) is 1.00. The van der Waals surface area contributed by atoms with Crippen molar-refractivity contribution in [2.24, 2.45) is 17.8 Å². The molecule has 0 amide bonds. The first-order chi connectivity index (χ1) is 8.28. The third-order valence-corrected chi connectivity index (χ3v) is 5.23. The Labute approximate surface area is 112 Å². The Morgan fingerprint density at radius 1 is 1.22 bits per heavy atom. The lowest BCUT2D eigenvalue weighted by molar-refractivity contribution is -0.168. The zero-order valence-corrected chi connectivity index (χ0v) is 13.0. The quantitative estimate of drug-likeness (QED) is 0.744. The van der Waals surface area contributed by atoms with Crippen LogP contribution in [0, 0.1) is 17.8 Å². The molecule has 0 bridgehead atoms. The maximum atomic E-state index is 6.22. The Hall–Kier alpha value is -0.0800.